The summed E-state index contributed by atoms with van der Waals surface area (Å²) < 4.78 is 12.8. The zero-order valence-electron chi connectivity index (χ0n) is 20.0. The third kappa shape index (κ3) is 6.87. The summed E-state index contributed by atoms with van der Waals surface area (Å²) in [5.41, 5.74) is 4.93. The van der Waals surface area contributed by atoms with E-state index in [1.54, 1.807) is 59.4 Å². The summed E-state index contributed by atoms with van der Waals surface area (Å²) >= 11 is 12.0. The van der Waals surface area contributed by atoms with Crippen LogP contribution in [-0.4, -0.2) is 33.9 Å². The van der Waals surface area contributed by atoms with Gasteiger partial charge in [-0.15, -0.1) is 0 Å². The molecule has 3 aromatic carbocycles. The number of benzene rings is 3. The maximum absolute atomic E-state index is 12.5. The number of aromatic nitrogens is 2. The van der Waals surface area contributed by atoms with Gasteiger partial charge < -0.3 is 9.47 Å². The van der Waals surface area contributed by atoms with Gasteiger partial charge in [-0.25, -0.2) is 5.43 Å². The van der Waals surface area contributed by atoms with Crippen molar-refractivity contribution in [2.45, 2.75) is 13.2 Å². The van der Waals surface area contributed by atoms with Crippen LogP contribution in [-0.2, 0) is 13.2 Å². The highest BCUT2D eigenvalue weighted by molar-refractivity contribution is 6.42. The van der Waals surface area contributed by atoms with Crippen LogP contribution < -0.4 is 14.9 Å². The van der Waals surface area contributed by atoms with E-state index in [9.17, 15) is 14.9 Å². The molecule has 0 radical (unpaired) electrons. The van der Waals surface area contributed by atoms with Gasteiger partial charge in [0.05, 0.1) is 34.8 Å². The van der Waals surface area contributed by atoms with E-state index >= 15 is 0 Å². The smallest absolute Gasteiger partial charge is 0.291 e. The third-order valence-corrected chi connectivity index (χ3v) is 6.05. The van der Waals surface area contributed by atoms with E-state index in [4.69, 9.17) is 32.7 Å². The molecule has 194 valence electrons. The normalized spacial score (nSPS) is 10.9. The number of carbonyl (C=O) groups is 1. The molecule has 0 bridgehead atoms. The first-order valence-electron chi connectivity index (χ1n) is 11.2. The van der Waals surface area contributed by atoms with E-state index in [1.807, 2.05) is 6.07 Å². The number of ether oxygens (including phenoxy) is 2. The molecule has 10 nitrogen and oxygen atoms in total. The lowest BCUT2D eigenvalue weighted by Gasteiger charge is -2.12. The van der Waals surface area contributed by atoms with Gasteiger partial charge in [-0.1, -0.05) is 41.4 Å². The van der Waals surface area contributed by atoms with Crippen molar-refractivity contribution >= 4 is 41.0 Å². The van der Waals surface area contributed by atoms with Crippen molar-refractivity contribution in [2.24, 2.45) is 5.10 Å². The molecule has 1 aromatic heterocycles. The lowest BCUT2D eigenvalue weighted by molar-refractivity contribution is -0.384. The number of nitro benzene ring substituents is 1. The van der Waals surface area contributed by atoms with Crippen LogP contribution >= 0.6 is 23.2 Å². The zero-order valence-corrected chi connectivity index (χ0v) is 21.5. The monoisotopic (exact) mass is 553 g/mol. The fourth-order valence-corrected chi connectivity index (χ4v) is 3.70. The minimum absolute atomic E-state index is 0.00848. The van der Waals surface area contributed by atoms with Crippen LogP contribution in [0.3, 0.4) is 0 Å². The first kappa shape index (κ1) is 26.6. The van der Waals surface area contributed by atoms with Crippen LogP contribution in [0.1, 0.15) is 27.2 Å². The van der Waals surface area contributed by atoms with Gasteiger partial charge in [0.1, 0.15) is 6.61 Å². The molecule has 0 spiro atoms. The van der Waals surface area contributed by atoms with Crippen LogP contribution in [0.2, 0.25) is 10.0 Å². The molecule has 1 N–H and O–H groups in total. The van der Waals surface area contributed by atoms with Crippen molar-refractivity contribution in [2.75, 3.05) is 7.11 Å². The maximum atomic E-state index is 12.5. The molecular formula is C26H21Cl2N5O5. The number of amides is 1. The SMILES string of the molecule is COc1ccc(/C=N\NC(=O)c2ccn(Cc3ccc([N+](=O)[O-])cc3)n2)cc1OCc1ccc(Cl)c(Cl)c1. The number of nitrogens with zero attached hydrogens (tertiary/aromatic N) is 4. The molecule has 0 saturated carbocycles. The van der Waals surface area contributed by atoms with Gasteiger partial charge in [0, 0.05) is 18.3 Å². The molecule has 0 atom stereocenters. The number of rotatable bonds is 10. The van der Waals surface area contributed by atoms with Crippen molar-refractivity contribution in [3.8, 4) is 11.5 Å². The number of methoxy groups -OCH3 is 1. The van der Waals surface area contributed by atoms with Crippen LogP contribution in [0.5, 0.6) is 11.5 Å². The van der Waals surface area contributed by atoms with Crippen LogP contribution in [0.4, 0.5) is 5.69 Å². The standard InChI is InChI=1S/C26H21Cl2N5O5/c1-37-24-9-5-18(13-25(24)38-16-19-4-8-21(27)22(28)12-19)14-29-30-26(34)23-10-11-32(31-23)15-17-2-6-20(7-3-17)33(35)36/h2-14H,15-16H2,1H3,(H,30,34)/b29-14-. The Labute approximate surface area is 227 Å². The first-order chi connectivity index (χ1) is 18.3. The zero-order chi connectivity index (χ0) is 27.1. The summed E-state index contributed by atoms with van der Waals surface area (Å²) in [6.45, 7) is 0.596. The van der Waals surface area contributed by atoms with Crippen molar-refractivity contribution in [1.82, 2.24) is 15.2 Å². The molecule has 1 amide bonds. The van der Waals surface area contributed by atoms with E-state index < -0.39 is 10.8 Å². The topological polar surface area (TPSA) is 121 Å². The van der Waals surface area contributed by atoms with Gasteiger partial charge in [0.15, 0.2) is 17.2 Å². The summed E-state index contributed by atoms with van der Waals surface area (Å²) in [4.78, 5) is 22.8. The predicted octanol–water partition coefficient (Wildman–Crippen LogP) is 5.50. The number of non-ortho nitro benzene ring substituents is 1. The van der Waals surface area contributed by atoms with E-state index in [0.29, 0.717) is 33.7 Å². The fourth-order valence-electron chi connectivity index (χ4n) is 3.38. The van der Waals surface area contributed by atoms with Crippen molar-refractivity contribution in [3.63, 3.8) is 0 Å². The number of hydrogen-bond donors (Lipinski definition) is 1. The molecule has 0 fully saturated rings. The highest BCUT2D eigenvalue weighted by Crippen LogP contribution is 2.29. The second-order valence-electron chi connectivity index (χ2n) is 7.97. The summed E-state index contributed by atoms with van der Waals surface area (Å²) in [5, 5.41) is 19.9. The molecule has 0 aliphatic rings. The summed E-state index contributed by atoms with van der Waals surface area (Å²) in [7, 11) is 1.54. The Hall–Kier alpha value is -4.41. The Morgan fingerprint density at radius 2 is 1.82 bits per heavy atom. The Kier molecular flexibility index (Phi) is 8.57. The average Bonchev–Trinajstić information content (AvgIpc) is 3.38. The number of halogens is 2. The molecule has 0 aliphatic carbocycles. The largest absolute Gasteiger partial charge is 0.493 e. The Morgan fingerprint density at radius 1 is 1.05 bits per heavy atom. The number of hydrogen-bond acceptors (Lipinski definition) is 7. The van der Waals surface area contributed by atoms with Crippen LogP contribution in [0, 0.1) is 10.1 Å². The molecular weight excluding hydrogens is 533 g/mol. The van der Waals surface area contributed by atoms with Gasteiger partial charge in [-0.3, -0.25) is 19.6 Å². The maximum Gasteiger partial charge on any atom is 0.291 e. The minimum Gasteiger partial charge on any atom is -0.493 e. The van der Waals surface area contributed by atoms with Gasteiger partial charge in [-0.2, -0.15) is 10.2 Å². The van der Waals surface area contributed by atoms with Crippen molar-refractivity contribution in [1.29, 1.82) is 0 Å². The molecule has 0 unspecified atom stereocenters. The molecule has 4 rings (SSSR count). The molecule has 12 heteroatoms. The van der Waals surface area contributed by atoms with Crippen LogP contribution in [0.25, 0.3) is 0 Å². The quantitative estimate of drug-likeness (QED) is 0.157. The number of hydrazone groups is 1. The lowest BCUT2D eigenvalue weighted by Crippen LogP contribution is -2.18. The lowest BCUT2D eigenvalue weighted by atomic mass is 10.2. The number of nitrogens with one attached hydrogen (secondary N) is 1. The predicted molar refractivity (Wildman–Crippen MR) is 143 cm³/mol. The molecule has 1 heterocycles. The molecule has 0 saturated heterocycles. The summed E-state index contributed by atoms with van der Waals surface area (Å²) in [6.07, 6.45) is 3.11. The minimum atomic E-state index is -0.492. The van der Waals surface area contributed by atoms with Gasteiger partial charge >= 0.3 is 0 Å². The third-order valence-electron chi connectivity index (χ3n) is 5.31. The van der Waals surface area contributed by atoms with E-state index in [0.717, 1.165) is 11.1 Å². The second-order valence-corrected chi connectivity index (χ2v) is 8.78. The fraction of sp³-hybridized carbons (Fsp3) is 0.115. The van der Waals surface area contributed by atoms with E-state index in [2.05, 4.69) is 15.6 Å². The Bertz CT molecular complexity index is 1490. The number of nitro groups is 1. The highest BCUT2D eigenvalue weighted by Gasteiger charge is 2.11. The van der Waals surface area contributed by atoms with Gasteiger partial charge in [-0.05, 0) is 53.1 Å². The highest BCUT2D eigenvalue weighted by atomic mass is 35.5. The summed E-state index contributed by atoms with van der Waals surface area (Å²) in [5.74, 6) is 0.525. The van der Waals surface area contributed by atoms with Crippen molar-refractivity contribution < 1.29 is 19.2 Å². The number of carbonyl (C=O) groups excluding carboxylic acids is 1. The van der Waals surface area contributed by atoms with E-state index in [-0.39, 0.29) is 18.0 Å². The average molecular weight is 554 g/mol. The molecule has 4 aromatic rings. The second kappa shape index (κ2) is 12.2. The summed E-state index contributed by atoms with van der Waals surface area (Å²) in [6, 6.07) is 18.1. The van der Waals surface area contributed by atoms with Gasteiger partial charge in [0.25, 0.3) is 11.6 Å². The molecule has 38 heavy (non-hydrogen) atoms. The Balaban J connectivity index is 1.35. The van der Waals surface area contributed by atoms with Gasteiger partial charge in [0.2, 0.25) is 0 Å². The molecule has 0 aliphatic heterocycles. The first-order valence-corrected chi connectivity index (χ1v) is 11.9. The Morgan fingerprint density at radius 3 is 2.53 bits per heavy atom. The van der Waals surface area contributed by atoms with Crippen molar-refractivity contribution in [3.05, 3.63) is 115 Å². The van der Waals surface area contributed by atoms with Crippen LogP contribution in [0.15, 0.2) is 78.0 Å². The van der Waals surface area contributed by atoms with E-state index in [1.165, 1.54) is 25.5 Å².